The molecule has 1 aliphatic rings. The molecule has 26 heavy (non-hydrogen) atoms. The fourth-order valence-corrected chi connectivity index (χ4v) is 4.33. The third-order valence-electron chi connectivity index (χ3n) is 4.53. The summed E-state index contributed by atoms with van der Waals surface area (Å²) in [5, 5.41) is 1.25. The van der Waals surface area contributed by atoms with E-state index in [9.17, 15) is 0 Å². The monoisotopic (exact) mass is 360 g/mol. The largest absolute Gasteiger partial charge is 0.338 e. The van der Waals surface area contributed by atoms with Crippen molar-refractivity contribution in [2.45, 2.75) is 18.7 Å². The second-order valence-corrected chi connectivity index (χ2v) is 7.56. The zero-order valence-electron chi connectivity index (χ0n) is 15.2. The third-order valence-corrected chi connectivity index (χ3v) is 5.70. The van der Waals surface area contributed by atoms with Gasteiger partial charge in [-0.3, -0.25) is 0 Å². The van der Waals surface area contributed by atoms with Crippen LogP contribution in [-0.2, 0) is 0 Å². The third kappa shape index (κ3) is 3.20. The molecule has 0 bridgehead atoms. The van der Waals surface area contributed by atoms with E-state index in [2.05, 4.69) is 90.5 Å². The van der Waals surface area contributed by atoms with Crippen LogP contribution >= 0.6 is 11.8 Å². The standard InChI is InChI=1S/C22H22N3S/c1-16-13-18(14-17(2)25(16)23-19-9-5-4-6-10-19)15-22-24(3)20-11-7-8-12-21(20)26-22/h4-15,23H,1-3H3/q+1. The number of nitrogens with one attached hydrogen (secondary N) is 1. The number of hydrogen-bond donors (Lipinski definition) is 1. The van der Waals surface area contributed by atoms with Crippen LogP contribution in [0.15, 0.2) is 76.7 Å². The Balaban J connectivity index is 1.63. The van der Waals surface area contributed by atoms with Crippen LogP contribution in [0, 0.1) is 13.8 Å². The van der Waals surface area contributed by atoms with E-state index in [0.717, 1.165) is 5.69 Å². The molecule has 0 fully saturated rings. The van der Waals surface area contributed by atoms with Gasteiger partial charge in [0.15, 0.2) is 0 Å². The van der Waals surface area contributed by atoms with Gasteiger partial charge < -0.3 is 4.90 Å². The molecule has 0 saturated carbocycles. The molecule has 130 valence electrons. The lowest BCUT2D eigenvalue weighted by atomic mass is 10.2. The van der Waals surface area contributed by atoms with Gasteiger partial charge >= 0.3 is 0 Å². The molecule has 0 amide bonds. The predicted molar refractivity (Wildman–Crippen MR) is 110 cm³/mol. The predicted octanol–water partition coefficient (Wildman–Crippen LogP) is 5.01. The summed E-state index contributed by atoms with van der Waals surface area (Å²) in [7, 11) is 2.13. The van der Waals surface area contributed by atoms with Crippen molar-refractivity contribution in [2.24, 2.45) is 0 Å². The van der Waals surface area contributed by atoms with Gasteiger partial charge in [0.25, 0.3) is 0 Å². The van der Waals surface area contributed by atoms with E-state index in [0.29, 0.717) is 0 Å². The van der Waals surface area contributed by atoms with Crippen molar-refractivity contribution >= 4 is 29.2 Å². The minimum absolute atomic E-state index is 1.08. The molecule has 0 radical (unpaired) electrons. The topological polar surface area (TPSA) is 19.1 Å². The van der Waals surface area contributed by atoms with E-state index in [-0.39, 0.29) is 0 Å². The van der Waals surface area contributed by atoms with Crippen LogP contribution < -0.4 is 15.0 Å². The average Bonchev–Trinajstić information content (AvgIpc) is 2.95. The highest BCUT2D eigenvalue weighted by Crippen LogP contribution is 2.45. The van der Waals surface area contributed by atoms with Crippen molar-refractivity contribution in [3.8, 4) is 0 Å². The van der Waals surface area contributed by atoms with Gasteiger partial charge in [0.05, 0.1) is 16.4 Å². The number of nitrogens with zero attached hydrogens (tertiary/aromatic N) is 2. The molecule has 3 nitrogen and oxygen atoms in total. The normalized spacial score (nSPS) is 14.6. The number of aromatic nitrogens is 1. The van der Waals surface area contributed by atoms with Crippen molar-refractivity contribution in [3.63, 3.8) is 0 Å². The number of fused-ring (bicyclic) bond motifs is 1. The lowest BCUT2D eigenvalue weighted by molar-refractivity contribution is -0.655. The number of aryl methyl sites for hydroxylation is 2. The van der Waals surface area contributed by atoms with Gasteiger partial charge in [-0.2, -0.15) is 5.43 Å². The van der Waals surface area contributed by atoms with Crippen LogP contribution in [0.3, 0.4) is 0 Å². The molecular formula is C22H22N3S+. The highest BCUT2D eigenvalue weighted by atomic mass is 32.2. The number of para-hydroxylation sites is 2. The Morgan fingerprint density at radius 1 is 0.923 bits per heavy atom. The van der Waals surface area contributed by atoms with E-state index in [1.165, 1.54) is 32.6 Å². The van der Waals surface area contributed by atoms with E-state index in [1.54, 1.807) is 0 Å². The molecule has 0 unspecified atom stereocenters. The molecule has 4 heteroatoms. The Bertz CT molecular complexity index is 957. The van der Waals surface area contributed by atoms with Gasteiger partial charge in [-0.25, -0.2) is 0 Å². The fourth-order valence-electron chi connectivity index (χ4n) is 3.22. The van der Waals surface area contributed by atoms with Crippen molar-refractivity contribution in [1.29, 1.82) is 0 Å². The summed E-state index contributed by atoms with van der Waals surface area (Å²) in [5.41, 5.74) is 9.37. The highest BCUT2D eigenvalue weighted by molar-refractivity contribution is 8.03. The van der Waals surface area contributed by atoms with Crippen molar-refractivity contribution in [1.82, 2.24) is 0 Å². The van der Waals surface area contributed by atoms with Crippen LogP contribution in [-0.4, -0.2) is 7.05 Å². The van der Waals surface area contributed by atoms with Crippen LogP contribution in [0.25, 0.3) is 6.08 Å². The van der Waals surface area contributed by atoms with E-state index >= 15 is 0 Å². The first-order valence-electron chi connectivity index (χ1n) is 8.69. The van der Waals surface area contributed by atoms with Crippen LogP contribution in [0.1, 0.15) is 17.0 Å². The molecule has 4 rings (SSSR count). The molecule has 1 N–H and O–H groups in total. The Labute approximate surface area is 159 Å². The number of anilines is 2. The van der Waals surface area contributed by atoms with E-state index in [4.69, 9.17) is 0 Å². The van der Waals surface area contributed by atoms with Crippen molar-refractivity contribution < 1.29 is 4.68 Å². The Hall–Kier alpha value is -2.72. The number of hydrogen-bond acceptors (Lipinski definition) is 3. The number of rotatable bonds is 3. The maximum absolute atomic E-state index is 3.46. The summed E-state index contributed by atoms with van der Waals surface area (Å²) < 4.78 is 2.12. The van der Waals surface area contributed by atoms with E-state index in [1.807, 2.05) is 30.0 Å². The Morgan fingerprint density at radius 3 is 2.27 bits per heavy atom. The average molecular weight is 361 g/mol. The van der Waals surface area contributed by atoms with Gasteiger partial charge in [-0.1, -0.05) is 46.8 Å². The van der Waals surface area contributed by atoms with Crippen LogP contribution in [0.2, 0.25) is 0 Å². The van der Waals surface area contributed by atoms with Gasteiger partial charge in [0.2, 0.25) is 11.4 Å². The Morgan fingerprint density at radius 2 is 1.58 bits per heavy atom. The first-order chi connectivity index (χ1) is 12.6. The van der Waals surface area contributed by atoms with Crippen molar-refractivity contribution in [2.75, 3.05) is 17.4 Å². The maximum atomic E-state index is 3.46. The maximum Gasteiger partial charge on any atom is 0.209 e. The molecule has 1 aromatic heterocycles. The van der Waals surface area contributed by atoms with Gasteiger partial charge in [0.1, 0.15) is 0 Å². The number of benzene rings is 2. The number of thioether (sulfide) groups is 1. The molecule has 2 aromatic carbocycles. The lowest BCUT2D eigenvalue weighted by Crippen LogP contribution is -2.47. The molecule has 3 aromatic rings. The summed E-state index contributed by atoms with van der Waals surface area (Å²) in [6.07, 6.45) is 2.26. The summed E-state index contributed by atoms with van der Waals surface area (Å²) in [5.74, 6) is 0. The lowest BCUT2D eigenvalue weighted by Gasteiger charge is -2.13. The Kier molecular flexibility index (Phi) is 4.43. The van der Waals surface area contributed by atoms with Crippen molar-refractivity contribution in [3.05, 3.63) is 88.7 Å². The summed E-state index contributed by atoms with van der Waals surface area (Å²) in [4.78, 5) is 3.57. The van der Waals surface area contributed by atoms with Gasteiger partial charge in [-0.05, 0) is 35.9 Å². The zero-order chi connectivity index (χ0) is 18.1. The minimum atomic E-state index is 1.08. The SMILES string of the molecule is Cc1cc(/C=C2/Sc3ccccc3N2C)cc(C)[n+]1Nc1ccccc1. The molecule has 2 heterocycles. The van der Waals surface area contributed by atoms with Crippen LogP contribution in [0.4, 0.5) is 11.4 Å². The second kappa shape index (κ2) is 6.89. The van der Waals surface area contributed by atoms with Gasteiger partial charge in [0, 0.05) is 37.9 Å². The quantitative estimate of drug-likeness (QED) is 0.663. The number of pyridine rings is 1. The summed E-state index contributed by atoms with van der Waals surface area (Å²) in [6, 6.07) is 23.2. The fraction of sp³-hybridized carbons (Fsp3) is 0.136. The molecule has 0 aliphatic carbocycles. The molecule has 0 atom stereocenters. The summed E-state index contributed by atoms with van der Waals surface area (Å²) in [6.45, 7) is 4.26. The minimum Gasteiger partial charge on any atom is -0.338 e. The molecular weight excluding hydrogens is 338 g/mol. The molecule has 0 spiro atoms. The van der Waals surface area contributed by atoms with Gasteiger partial charge in [-0.15, -0.1) is 0 Å². The summed E-state index contributed by atoms with van der Waals surface area (Å²) >= 11 is 1.82. The molecule has 0 saturated heterocycles. The first kappa shape index (κ1) is 16.7. The molecule has 1 aliphatic heterocycles. The van der Waals surface area contributed by atoms with E-state index < -0.39 is 0 Å². The highest BCUT2D eigenvalue weighted by Gasteiger charge is 2.22. The smallest absolute Gasteiger partial charge is 0.209 e. The zero-order valence-corrected chi connectivity index (χ0v) is 16.0. The first-order valence-corrected chi connectivity index (χ1v) is 9.51. The van der Waals surface area contributed by atoms with Crippen LogP contribution in [0.5, 0.6) is 0 Å². The second-order valence-electron chi connectivity index (χ2n) is 6.50.